The molecule has 0 saturated carbocycles. The highest BCUT2D eigenvalue weighted by molar-refractivity contribution is 5.79. The number of aliphatic imine (C=N–C) groups is 1. The highest BCUT2D eigenvalue weighted by Gasteiger charge is 2.12. The van der Waals surface area contributed by atoms with Gasteiger partial charge in [-0.2, -0.15) is 0 Å². The van der Waals surface area contributed by atoms with Gasteiger partial charge in [-0.05, 0) is 45.8 Å². The SMILES string of the molecule is CCOCCCCNC(=NC)NCC(Cc1ccccc1)N(C)C. The van der Waals surface area contributed by atoms with Gasteiger partial charge in [0, 0.05) is 39.4 Å². The van der Waals surface area contributed by atoms with E-state index in [4.69, 9.17) is 4.74 Å². The lowest BCUT2D eigenvalue weighted by Crippen LogP contribution is -2.46. The number of guanidine groups is 1. The van der Waals surface area contributed by atoms with Crippen LogP contribution < -0.4 is 10.6 Å². The normalized spacial score (nSPS) is 13.1. The predicted molar refractivity (Wildman–Crippen MR) is 103 cm³/mol. The van der Waals surface area contributed by atoms with E-state index in [0.717, 1.165) is 51.5 Å². The topological polar surface area (TPSA) is 48.9 Å². The first-order valence-corrected chi connectivity index (χ1v) is 8.90. The molecule has 0 aromatic heterocycles. The molecule has 0 amide bonds. The van der Waals surface area contributed by atoms with Crippen molar-refractivity contribution in [3.8, 4) is 0 Å². The third-order valence-electron chi connectivity index (χ3n) is 3.99. The maximum Gasteiger partial charge on any atom is 0.191 e. The Morgan fingerprint density at radius 2 is 1.92 bits per heavy atom. The van der Waals surface area contributed by atoms with Crippen molar-refractivity contribution in [2.75, 3.05) is 47.4 Å². The van der Waals surface area contributed by atoms with Gasteiger partial charge in [-0.25, -0.2) is 0 Å². The average Bonchev–Trinajstić information content (AvgIpc) is 2.60. The van der Waals surface area contributed by atoms with E-state index in [0.29, 0.717) is 6.04 Å². The lowest BCUT2D eigenvalue weighted by molar-refractivity contribution is 0.143. The number of nitrogens with one attached hydrogen (secondary N) is 2. The summed E-state index contributed by atoms with van der Waals surface area (Å²) in [7, 11) is 6.07. The van der Waals surface area contributed by atoms with E-state index < -0.39 is 0 Å². The summed E-state index contributed by atoms with van der Waals surface area (Å²) in [6.45, 7) is 5.44. The zero-order valence-electron chi connectivity index (χ0n) is 15.7. The fraction of sp³-hybridized carbons (Fsp3) is 0.632. The van der Waals surface area contributed by atoms with Crippen molar-refractivity contribution in [3.63, 3.8) is 0 Å². The first-order valence-electron chi connectivity index (χ1n) is 8.90. The lowest BCUT2D eigenvalue weighted by Gasteiger charge is -2.25. The van der Waals surface area contributed by atoms with Crippen molar-refractivity contribution >= 4 is 5.96 Å². The van der Waals surface area contributed by atoms with Crippen molar-refractivity contribution in [1.82, 2.24) is 15.5 Å². The Hall–Kier alpha value is -1.59. The third-order valence-corrected chi connectivity index (χ3v) is 3.99. The average molecular weight is 335 g/mol. The first-order chi connectivity index (χ1) is 11.7. The van der Waals surface area contributed by atoms with Crippen molar-refractivity contribution < 1.29 is 4.74 Å². The van der Waals surface area contributed by atoms with Crippen LogP contribution in [-0.4, -0.2) is 64.3 Å². The maximum atomic E-state index is 5.35. The summed E-state index contributed by atoms with van der Waals surface area (Å²) in [5, 5.41) is 6.81. The molecule has 0 fully saturated rings. The summed E-state index contributed by atoms with van der Waals surface area (Å²) in [6.07, 6.45) is 3.18. The van der Waals surface area contributed by atoms with Crippen LogP contribution in [0.1, 0.15) is 25.3 Å². The molecule has 5 nitrogen and oxygen atoms in total. The van der Waals surface area contributed by atoms with Crippen LogP contribution in [0.15, 0.2) is 35.3 Å². The monoisotopic (exact) mass is 334 g/mol. The molecule has 1 unspecified atom stereocenters. The third kappa shape index (κ3) is 8.89. The minimum absolute atomic E-state index is 0.420. The fourth-order valence-corrected chi connectivity index (χ4v) is 2.44. The molecule has 0 aliphatic carbocycles. The van der Waals surface area contributed by atoms with Crippen LogP contribution in [0.3, 0.4) is 0 Å². The van der Waals surface area contributed by atoms with Gasteiger partial charge in [-0.3, -0.25) is 4.99 Å². The van der Waals surface area contributed by atoms with Gasteiger partial charge in [0.2, 0.25) is 0 Å². The largest absolute Gasteiger partial charge is 0.382 e. The Labute approximate surface area is 147 Å². The number of unbranched alkanes of at least 4 members (excludes halogenated alkanes) is 1. The number of nitrogens with zero attached hydrogens (tertiary/aromatic N) is 2. The van der Waals surface area contributed by atoms with E-state index in [9.17, 15) is 0 Å². The number of hydrogen-bond acceptors (Lipinski definition) is 3. The van der Waals surface area contributed by atoms with E-state index in [-0.39, 0.29) is 0 Å². The van der Waals surface area contributed by atoms with Crippen LogP contribution in [0, 0.1) is 0 Å². The summed E-state index contributed by atoms with van der Waals surface area (Å²) >= 11 is 0. The summed E-state index contributed by atoms with van der Waals surface area (Å²) in [4.78, 5) is 6.56. The van der Waals surface area contributed by atoms with Crippen LogP contribution in [0.4, 0.5) is 0 Å². The molecule has 0 heterocycles. The van der Waals surface area contributed by atoms with Crippen molar-refractivity contribution in [2.45, 2.75) is 32.2 Å². The zero-order valence-corrected chi connectivity index (χ0v) is 15.7. The second-order valence-corrected chi connectivity index (χ2v) is 6.09. The highest BCUT2D eigenvalue weighted by atomic mass is 16.5. The molecular formula is C19H34N4O. The van der Waals surface area contributed by atoms with Gasteiger partial charge in [0.1, 0.15) is 0 Å². The molecule has 0 aliphatic heterocycles. The van der Waals surface area contributed by atoms with Gasteiger partial charge >= 0.3 is 0 Å². The first kappa shape index (κ1) is 20.5. The Balaban J connectivity index is 2.33. The molecule has 1 atom stereocenters. The summed E-state index contributed by atoms with van der Waals surface area (Å²) in [5.74, 6) is 0.867. The quantitative estimate of drug-likeness (QED) is 0.370. The molecule has 0 saturated heterocycles. The molecule has 0 spiro atoms. The maximum absolute atomic E-state index is 5.35. The van der Waals surface area contributed by atoms with Gasteiger partial charge in [0.05, 0.1) is 0 Å². The molecule has 1 aromatic carbocycles. The minimum Gasteiger partial charge on any atom is -0.382 e. The predicted octanol–water partition coefficient (Wildman–Crippen LogP) is 2.14. The van der Waals surface area contributed by atoms with Crippen LogP contribution in [0.2, 0.25) is 0 Å². The van der Waals surface area contributed by atoms with Crippen LogP contribution in [0.25, 0.3) is 0 Å². The number of benzene rings is 1. The molecule has 1 rings (SSSR count). The zero-order chi connectivity index (χ0) is 17.6. The smallest absolute Gasteiger partial charge is 0.191 e. The van der Waals surface area contributed by atoms with Crippen LogP contribution >= 0.6 is 0 Å². The fourth-order valence-electron chi connectivity index (χ4n) is 2.44. The van der Waals surface area contributed by atoms with E-state index in [1.165, 1.54) is 5.56 Å². The lowest BCUT2D eigenvalue weighted by atomic mass is 10.1. The van der Waals surface area contributed by atoms with Gasteiger partial charge < -0.3 is 20.3 Å². The Morgan fingerprint density at radius 3 is 2.54 bits per heavy atom. The van der Waals surface area contributed by atoms with Crippen molar-refractivity contribution in [1.29, 1.82) is 0 Å². The second-order valence-electron chi connectivity index (χ2n) is 6.09. The number of rotatable bonds is 11. The van der Waals surface area contributed by atoms with Gasteiger partial charge in [-0.15, -0.1) is 0 Å². The molecule has 136 valence electrons. The summed E-state index contributed by atoms with van der Waals surface area (Å²) in [6, 6.07) is 11.0. The van der Waals surface area contributed by atoms with E-state index >= 15 is 0 Å². The standard InChI is InChI=1S/C19H34N4O/c1-5-24-14-10-9-13-21-19(20-2)22-16-18(23(3)4)15-17-11-7-6-8-12-17/h6-8,11-12,18H,5,9-10,13-16H2,1-4H3,(H2,20,21,22). The van der Waals surface area contributed by atoms with Gasteiger partial charge in [0.25, 0.3) is 0 Å². The van der Waals surface area contributed by atoms with Crippen molar-refractivity contribution in [2.24, 2.45) is 4.99 Å². The van der Waals surface area contributed by atoms with Crippen molar-refractivity contribution in [3.05, 3.63) is 35.9 Å². The molecule has 24 heavy (non-hydrogen) atoms. The van der Waals surface area contributed by atoms with E-state index in [2.05, 4.69) is 65.0 Å². The molecule has 0 radical (unpaired) electrons. The molecule has 0 bridgehead atoms. The van der Waals surface area contributed by atoms with Gasteiger partial charge in [0.15, 0.2) is 5.96 Å². The summed E-state index contributed by atoms with van der Waals surface area (Å²) < 4.78 is 5.35. The molecule has 2 N–H and O–H groups in total. The second kappa shape index (κ2) is 12.8. The molecule has 5 heteroatoms. The Kier molecular flexibility index (Phi) is 10.9. The highest BCUT2D eigenvalue weighted by Crippen LogP contribution is 2.06. The van der Waals surface area contributed by atoms with E-state index in [1.54, 1.807) is 0 Å². The minimum atomic E-state index is 0.420. The number of ether oxygens (including phenoxy) is 1. The Morgan fingerprint density at radius 1 is 1.17 bits per heavy atom. The molecule has 1 aromatic rings. The van der Waals surface area contributed by atoms with E-state index in [1.807, 2.05) is 14.0 Å². The molecule has 0 aliphatic rings. The molecular weight excluding hydrogens is 300 g/mol. The number of likely N-dealkylation sites (N-methyl/N-ethyl adjacent to an activating group) is 1. The Bertz CT molecular complexity index is 448. The van der Waals surface area contributed by atoms with Crippen LogP contribution in [0.5, 0.6) is 0 Å². The van der Waals surface area contributed by atoms with Gasteiger partial charge in [-0.1, -0.05) is 30.3 Å². The number of hydrogen-bond donors (Lipinski definition) is 2. The summed E-state index contributed by atoms with van der Waals surface area (Å²) in [5.41, 5.74) is 1.36. The van der Waals surface area contributed by atoms with Crippen LogP contribution in [-0.2, 0) is 11.2 Å².